The topological polar surface area (TPSA) is 133 Å². The molecule has 4 N–H and O–H groups in total. The van der Waals surface area contributed by atoms with Gasteiger partial charge in [-0.05, 0) is 37.1 Å². The van der Waals surface area contributed by atoms with Gasteiger partial charge in [-0.1, -0.05) is 11.6 Å². The Morgan fingerprint density at radius 2 is 2.19 bits per heavy atom. The number of aromatic hydroxyl groups is 1. The second kappa shape index (κ2) is 7.47. The highest BCUT2D eigenvalue weighted by Gasteiger charge is 2.20. The van der Waals surface area contributed by atoms with Crippen LogP contribution in [0.25, 0.3) is 11.7 Å². The second-order valence-electron chi connectivity index (χ2n) is 7.15. The Balaban J connectivity index is 1.69. The Hall–Kier alpha value is -3.79. The van der Waals surface area contributed by atoms with Crippen LogP contribution < -0.4 is 26.4 Å². The van der Waals surface area contributed by atoms with Crippen LogP contribution in [0.2, 0.25) is 5.02 Å². The Bertz CT molecular complexity index is 1470. The average Bonchev–Trinajstić information content (AvgIpc) is 3.37. The highest BCUT2D eigenvalue weighted by Crippen LogP contribution is 2.29. The lowest BCUT2D eigenvalue weighted by Crippen LogP contribution is -2.20. The molecule has 1 aromatic carbocycles. The fraction of sp³-hybridized carbons (Fsp3) is 0.200. The van der Waals surface area contributed by atoms with Crippen molar-refractivity contribution < 1.29 is 9.84 Å². The zero-order chi connectivity index (χ0) is 21.5. The molecule has 31 heavy (non-hydrogen) atoms. The summed E-state index contributed by atoms with van der Waals surface area (Å²) in [5.74, 6) is 0.876. The molecule has 0 atom stereocenters. The van der Waals surface area contributed by atoms with Gasteiger partial charge in [0.1, 0.15) is 17.3 Å². The number of H-pyrrole nitrogens is 2. The lowest BCUT2D eigenvalue weighted by Gasteiger charge is -2.11. The van der Waals surface area contributed by atoms with Gasteiger partial charge in [0.05, 0.1) is 25.0 Å². The lowest BCUT2D eigenvalue weighted by atomic mass is 10.3. The molecule has 0 amide bonds. The monoisotopic (exact) mass is 439 g/mol. The van der Waals surface area contributed by atoms with Crippen molar-refractivity contribution >= 4 is 34.8 Å². The van der Waals surface area contributed by atoms with E-state index in [4.69, 9.17) is 21.3 Å². The van der Waals surface area contributed by atoms with E-state index in [1.54, 1.807) is 48.2 Å². The SMILES string of the molecule is COc1ccc(Cl)cc1Nc1cc(=NC2CC2)n2nc/c(=C\c3[nH]c(=O)[nH]c3O)c2n1. The molecule has 0 saturated heterocycles. The minimum absolute atomic E-state index is 0.234. The molecule has 0 radical (unpaired) electrons. The first-order valence-electron chi connectivity index (χ1n) is 9.56. The molecular formula is C20H18ClN7O3. The smallest absolute Gasteiger partial charge is 0.326 e. The van der Waals surface area contributed by atoms with Crippen LogP contribution in [0.1, 0.15) is 18.5 Å². The number of halogens is 1. The van der Waals surface area contributed by atoms with Crippen molar-refractivity contribution in [1.82, 2.24) is 24.6 Å². The fourth-order valence-corrected chi connectivity index (χ4v) is 3.35. The van der Waals surface area contributed by atoms with E-state index in [1.807, 2.05) is 0 Å². The molecule has 1 aliphatic rings. The Kier molecular flexibility index (Phi) is 4.63. The molecule has 1 aliphatic carbocycles. The van der Waals surface area contributed by atoms with Gasteiger partial charge in [-0.2, -0.15) is 9.61 Å². The van der Waals surface area contributed by atoms with Gasteiger partial charge >= 0.3 is 5.69 Å². The van der Waals surface area contributed by atoms with Gasteiger partial charge in [0.15, 0.2) is 11.1 Å². The molecule has 5 rings (SSSR count). The summed E-state index contributed by atoms with van der Waals surface area (Å²) in [5, 5.41) is 18.7. The Morgan fingerprint density at radius 1 is 1.35 bits per heavy atom. The number of aromatic amines is 2. The van der Waals surface area contributed by atoms with Crippen LogP contribution >= 0.6 is 11.6 Å². The third-order valence-electron chi connectivity index (χ3n) is 4.80. The Labute approximate surface area is 179 Å². The number of nitrogens with one attached hydrogen (secondary N) is 3. The molecule has 11 heteroatoms. The number of hydrogen-bond acceptors (Lipinski definition) is 7. The molecular weight excluding hydrogens is 422 g/mol. The number of methoxy groups -OCH3 is 1. The van der Waals surface area contributed by atoms with Crippen LogP contribution in [0.4, 0.5) is 11.5 Å². The van der Waals surface area contributed by atoms with Gasteiger partial charge in [0, 0.05) is 16.3 Å². The van der Waals surface area contributed by atoms with E-state index >= 15 is 0 Å². The van der Waals surface area contributed by atoms with Crippen molar-refractivity contribution in [2.24, 2.45) is 4.99 Å². The quantitative estimate of drug-likeness (QED) is 0.372. The molecule has 1 fully saturated rings. The number of fused-ring (bicyclic) bond motifs is 1. The molecule has 4 aromatic rings. The number of imidazole rings is 1. The maximum atomic E-state index is 11.5. The number of rotatable bonds is 5. The molecule has 158 valence electrons. The minimum Gasteiger partial charge on any atom is -0.495 e. The van der Waals surface area contributed by atoms with Crippen LogP contribution in [0.5, 0.6) is 11.6 Å². The largest absolute Gasteiger partial charge is 0.495 e. The van der Waals surface area contributed by atoms with Crippen molar-refractivity contribution in [3.8, 4) is 11.6 Å². The zero-order valence-corrected chi connectivity index (χ0v) is 17.1. The molecule has 0 aliphatic heterocycles. The Morgan fingerprint density at radius 3 is 2.90 bits per heavy atom. The fourth-order valence-electron chi connectivity index (χ4n) is 3.18. The van der Waals surface area contributed by atoms with Crippen molar-refractivity contribution in [2.45, 2.75) is 18.9 Å². The molecule has 3 aromatic heterocycles. The van der Waals surface area contributed by atoms with Gasteiger partial charge in [0.2, 0.25) is 5.88 Å². The van der Waals surface area contributed by atoms with E-state index in [-0.39, 0.29) is 17.6 Å². The number of ether oxygens (including phenoxy) is 1. The number of nitrogens with zero attached hydrogens (tertiary/aromatic N) is 4. The summed E-state index contributed by atoms with van der Waals surface area (Å²) in [7, 11) is 1.58. The van der Waals surface area contributed by atoms with Crippen LogP contribution in [0, 0.1) is 0 Å². The molecule has 3 heterocycles. The first-order chi connectivity index (χ1) is 15.0. The molecule has 1 saturated carbocycles. The van der Waals surface area contributed by atoms with Crippen LogP contribution in [-0.2, 0) is 0 Å². The van der Waals surface area contributed by atoms with E-state index < -0.39 is 5.69 Å². The van der Waals surface area contributed by atoms with Crippen LogP contribution in [-0.4, -0.2) is 42.8 Å². The normalized spacial score (nSPS) is 15.0. The van der Waals surface area contributed by atoms with Gasteiger partial charge in [-0.15, -0.1) is 0 Å². The predicted octanol–water partition coefficient (Wildman–Crippen LogP) is 1.47. The number of hydrogen-bond donors (Lipinski definition) is 4. The molecule has 0 spiro atoms. The van der Waals surface area contributed by atoms with Gasteiger partial charge in [-0.25, -0.2) is 9.78 Å². The number of aromatic nitrogens is 5. The first-order valence-corrected chi connectivity index (χ1v) is 9.94. The van der Waals surface area contributed by atoms with E-state index in [1.165, 1.54) is 0 Å². The van der Waals surface area contributed by atoms with Crippen molar-refractivity contribution in [3.05, 3.63) is 62.4 Å². The summed E-state index contributed by atoms with van der Waals surface area (Å²) in [6, 6.07) is 7.32. The van der Waals surface area contributed by atoms with Crippen molar-refractivity contribution in [2.75, 3.05) is 12.4 Å². The highest BCUT2D eigenvalue weighted by atomic mass is 35.5. The third-order valence-corrected chi connectivity index (χ3v) is 5.04. The number of anilines is 2. The summed E-state index contributed by atoms with van der Waals surface area (Å²) in [4.78, 5) is 25.7. The van der Waals surface area contributed by atoms with Crippen molar-refractivity contribution in [3.63, 3.8) is 0 Å². The van der Waals surface area contributed by atoms with E-state index in [0.29, 0.717) is 38.6 Å². The first kappa shape index (κ1) is 19.2. The van der Waals surface area contributed by atoms with Gasteiger partial charge < -0.3 is 20.1 Å². The summed E-state index contributed by atoms with van der Waals surface area (Å²) >= 11 is 6.15. The second-order valence-corrected chi connectivity index (χ2v) is 7.59. The molecule has 0 unspecified atom stereocenters. The summed E-state index contributed by atoms with van der Waals surface area (Å²) in [5.41, 5.74) is 1.53. The van der Waals surface area contributed by atoms with E-state index in [2.05, 4.69) is 25.4 Å². The maximum absolute atomic E-state index is 11.5. The summed E-state index contributed by atoms with van der Waals surface area (Å²) < 4.78 is 7.04. The van der Waals surface area contributed by atoms with Gasteiger partial charge in [-0.3, -0.25) is 9.98 Å². The third kappa shape index (κ3) is 3.84. The number of benzene rings is 1. The standard InChI is InChI=1S/C20H18ClN7O3/c1-31-15-5-2-11(21)7-13(15)24-16-8-17(23-12-3-4-12)28-18(26-16)10(9-22-28)6-14-19(29)27-20(30)25-14/h2,5-9,12,24,29H,3-4H2,1H3,(H2,25,27,30)/b10-6+,23-17?. The summed E-state index contributed by atoms with van der Waals surface area (Å²) in [6.45, 7) is 0. The minimum atomic E-state index is -0.506. The summed E-state index contributed by atoms with van der Waals surface area (Å²) in [6.07, 6.45) is 5.26. The molecule has 0 bridgehead atoms. The lowest BCUT2D eigenvalue weighted by molar-refractivity contribution is 0.417. The van der Waals surface area contributed by atoms with Crippen LogP contribution in [0.15, 0.2) is 40.2 Å². The van der Waals surface area contributed by atoms with Gasteiger partial charge in [0.25, 0.3) is 0 Å². The highest BCUT2D eigenvalue weighted by molar-refractivity contribution is 6.31. The van der Waals surface area contributed by atoms with Crippen molar-refractivity contribution in [1.29, 1.82) is 0 Å². The zero-order valence-electron chi connectivity index (χ0n) is 16.4. The van der Waals surface area contributed by atoms with E-state index in [0.717, 1.165) is 12.8 Å². The van der Waals surface area contributed by atoms with E-state index in [9.17, 15) is 9.90 Å². The maximum Gasteiger partial charge on any atom is 0.326 e. The molecule has 10 nitrogen and oxygen atoms in total. The van der Waals surface area contributed by atoms with Crippen LogP contribution in [0.3, 0.4) is 0 Å². The predicted molar refractivity (Wildman–Crippen MR) is 115 cm³/mol. The average molecular weight is 440 g/mol.